The first-order valence-corrected chi connectivity index (χ1v) is 5.97. The van der Waals surface area contributed by atoms with E-state index in [2.05, 4.69) is 29.1 Å². The summed E-state index contributed by atoms with van der Waals surface area (Å²) in [5.74, 6) is 1.61. The molecule has 0 aliphatic heterocycles. The quantitative estimate of drug-likeness (QED) is 0.722. The molecule has 1 rings (SSSR count). The Morgan fingerprint density at radius 1 is 1.25 bits per heavy atom. The molecule has 0 bridgehead atoms. The number of anilines is 1. The first-order valence-electron chi connectivity index (χ1n) is 5.97. The van der Waals surface area contributed by atoms with Crippen LogP contribution < -0.4 is 10.1 Å². The Kier molecular flexibility index (Phi) is 5.61. The van der Waals surface area contributed by atoms with Crippen molar-refractivity contribution in [3.05, 3.63) is 11.9 Å². The highest BCUT2D eigenvalue weighted by molar-refractivity contribution is 5.48. The molecule has 1 N–H and O–H groups in total. The third kappa shape index (κ3) is 3.36. The van der Waals surface area contributed by atoms with Crippen molar-refractivity contribution >= 4 is 5.82 Å². The van der Waals surface area contributed by atoms with E-state index in [0.717, 1.165) is 49.6 Å². The summed E-state index contributed by atoms with van der Waals surface area (Å²) in [5.41, 5.74) is 1.09. The van der Waals surface area contributed by atoms with Crippen LogP contribution in [0.3, 0.4) is 0 Å². The second-order valence-corrected chi connectivity index (χ2v) is 3.71. The normalized spacial score (nSPS) is 10.2. The van der Waals surface area contributed by atoms with Crippen molar-refractivity contribution in [3.63, 3.8) is 0 Å². The van der Waals surface area contributed by atoms with Crippen LogP contribution in [-0.2, 0) is 6.42 Å². The van der Waals surface area contributed by atoms with E-state index in [1.165, 1.54) is 0 Å². The lowest BCUT2D eigenvalue weighted by molar-refractivity contribution is 0.294. The number of nitrogens with zero attached hydrogens (tertiary/aromatic N) is 2. The number of aromatic nitrogens is 2. The molecule has 0 amide bonds. The first kappa shape index (κ1) is 12.7. The molecule has 0 radical (unpaired) electrons. The van der Waals surface area contributed by atoms with Crippen LogP contribution in [0.15, 0.2) is 6.33 Å². The topological polar surface area (TPSA) is 47.0 Å². The van der Waals surface area contributed by atoms with Crippen LogP contribution in [-0.4, -0.2) is 23.6 Å². The summed E-state index contributed by atoms with van der Waals surface area (Å²) >= 11 is 0. The molecule has 1 aromatic heterocycles. The molecule has 90 valence electrons. The summed E-state index contributed by atoms with van der Waals surface area (Å²) in [6.45, 7) is 5.02. The molecule has 0 spiro atoms. The summed E-state index contributed by atoms with van der Waals surface area (Å²) in [5, 5.41) is 3.08. The number of unbranched alkanes of at least 4 members (excludes halogenated alkanes) is 1. The lowest BCUT2D eigenvalue weighted by Gasteiger charge is -2.12. The molecule has 0 aliphatic carbocycles. The van der Waals surface area contributed by atoms with Gasteiger partial charge in [-0.25, -0.2) is 9.97 Å². The molecule has 0 fully saturated rings. The molecule has 4 nitrogen and oxygen atoms in total. The van der Waals surface area contributed by atoms with Gasteiger partial charge in [-0.2, -0.15) is 0 Å². The Bertz CT molecular complexity index is 315. The minimum atomic E-state index is 0.730. The van der Waals surface area contributed by atoms with E-state index in [-0.39, 0.29) is 0 Å². The molecule has 4 heteroatoms. The van der Waals surface area contributed by atoms with Gasteiger partial charge in [-0.1, -0.05) is 26.7 Å². The minimum Gasteiger partial charge on any atom is -0.477 e. The predicted molar refractivity (Wildman–Crippen MR) is 66.0 cm³/mol. The Balaban J connectivity index is 2.79. The van der Waals surface area contributed by atoms with Gasteiger partial charge in [0.05, 0.1) is 12.2 Å². The van der Waals surface area contributed by atoms with Crippen LogP contribution in [0.2, 0.25) is 0 Å². The van der Waals surface area contributed by atoms with Crippen molar-refractivity contribution < 1.29 is 4.74 Å². The Labute approximate surface area is 97.5 Å². The molecule has 0 saturated heterocycles. The summed E-state index contributed by atoms with van der Waals surface area (Å²) in [6.07, 6.45) is 5.74. The number of hydrogen-bond donors (Lipinski definition) is 1. The highest BCUT2D eigenvalue weighted by Gasteiger charge is 2.10. The van der Waals surface area contributed by atoms with Gasteiger partial charge in [0.1, 0.15) is 12.1 Å². The van der Waals surface area contributed by atoms with Gasteiger partial charge in [-0.05, 0) is 12.8 Å². The summed E-state index contributed by atoms with van der Waals surface area (Å²) < 4.78 is 5.68. The third-order valence-corrected chi connectivity index (χ3v) is 2.38. The first-order chi connectivity index (χ1) is 7.83. The maximum absolute atomic E-state index is 5.68. The average molecular weight is 223 g/mol. The van der Waals surface area contributed by atoms with Gasteiger partial charge in [0.2, 0.25) is 5.88 Å². The van der Waals surface area contributed by atoms with Gasteiger partial charge in [0, 0.05) is 7.05 Å². The van der Waals surface area contributed by atoms with E-state index < -0.39 is 0 Å². The maximum Gasteiger partial charge on any atom is 0.221 e. The van der Waals surface area contributed by atoms with E-state index in [1.807, 2.05) is 7.05 Å². The van der Waals surface area contributed by atoms with Gasteiger partial charge in [-0.15, -0.1) is 0 Å². The molecule has 0 unspecified atom stereocenters. The van der Waals surface area contributed by atoms with E-state index in [0.29, 0.717) is 0 Å². The zero-order valence-electron chi connectivity index (χ0n) is 10.4. The summed E-state index contributed by atoms with van der Waals surface area (Å²) in [4.78, 5) is 8.41. The number of hydrogen-bond acceptors (Lipinski definition) is 4. The van der Waals surface area contributed by atoms with E-state index in [9.17, 15) is 0 Å². The van der Waals surface area contributed by atoms with E-state index in [4.69, 9.17) is 4.74 Å². The van der Waals surface area contributed by atoms with Crippen molar-refractivity contribution in [2.45, 2.75) is 39.5 Å². The zero-order valence-corrected chi connectivity index (χ0v) is 10.4. The highest BCUT2D eigenvalue weighted by Crippen LogP contribution is 2.23. The van der Waals surface area contributed by atoms with Crippen LogP contribution >= 0.6 is 0 Å². The molecule has 0 aromatic carbocycles. The Morgan fingerprint density at radius 2 is 2.06 bits per heavy atom. The monoisotopic (exact) mass is 223 g/mol. The molecule has 0 aliphatic rings. The number of rotatable bonds is 7. The molecule has 0 saturated carbocycles. The fraction of sp³-hybridized carbons (Fsp3) is 0.667. The molecular formula is C12H21N3O. The summed E-state index contributed by atoms with van der Waals surface area (Å²) in [6, 6.07) is 0. The van der Waals surface area contributed by atoms with Crippen LogP contribution in [0.25, 0.3) is 0 Å². The lowest BCUT2D eigenvalue weighted by atomic mass is 10.2. The molecular weight excluding hydrogens is 202 g/mol. The van der Waals surface area contributed by atoms with Crippen molar-refractivity contribution in [2.24, 2.45) is 0 Å². The van der Waals surface area contributed by atoms with Gasteiger partial charge in [0.25, 0.3) is 0 Å². The molecule has 1 heterocycles. The van der Waals surface area contributed by atoms with Gasteiger partial charge < -0.3 is 10.1 Å². The summed E-state index contributed by atoms with van der Waals surface area (Å²) in [7, 11) is 1.87. The predicted octanol–water partition coefficient (Wildman–Crippen LogP) is 2.65. The maximum atomic E-state index is 5.68. The number of nitrogens with one attached hydrogen (secondary N) is 1. The average Bonchev–Trinajstić information content (AvgIpc) is 2.31. The van der Waals surface area contributed by atoms with Gasteiger partial charge >= 0.3 is 0 Å². The minimum absolute atomic E-state index is 0.730. The van der Waals surface area contributed by atoms with Crippen LogP contribution in [0.5, 0.6) is 5.88 Å². The molecule has 0 atom stereocenters. The second kappa shape index (κ2) is 7.04. The van der Waals surface area contributed by atoms with Crippen LogP contribution in [0.1, 0.15) is 38.7 Å². The van der Waals surface area contributed by atoms with Crippen molar-refractivity contribution in [3.8, 4) is 5.88 Å². The smallest absolute Gasteiger partial charge is 0.221 e. The fourth-order valence-electron chi connectivity index (χ4n) is 1.52. The SMILES string of the molecule is CCCCOc1ncnc(NC)c1CCC. The lowest BCUT2D eigenvalue weighted by Crippen LogP contribution is -2.06. The highest BCUT2D eigenvalue weighted by atomic mass is 16.5. The van der Waals surface area contributed by atoms with Crippen molar-refractivity contribution in [1.29, 1.82) is 0 Å². The Morgan fingerprint density at radius 3 is 2.69 bits per heavy atom. The van der Waals surface area contributed by atoms with Crippen molar-refractivity contribution in [1.82, 2.24) is 9.97 Å². The van der Waals surface area contributed by atoms with Crippen LogP contribution in [0, 0.1) is 0 Å². The molecule has 16 heavy (non-hydrogen) atoms. The van der Waals surface area contributed by atoms with Gasteiger partial charge in [0.15, 0.2) is 0 Å². The van der Waals surface area contributed by atoms with E-state index in [1.54, 1.807) is 6.33 Å². The fourth-order valence-corrected chi connectivity index (χ4v) is 1.52. The Hall–Kier alpha value is -1.32. The standard InChI is InChI=1S/C12H21N3O/c1-4-6-8-16-12-10(7-5-2)11(13-3)14-9-15-12/h9H,4-8H2,1-3H3,(H,13,14,15). The number of ether oxygens (including phenoxy) is 1. The third-order valence-electron chi connectivity index (χ3n) is 2.38. The molecule has 1 aromatic rings. The van der Waals surface area contributed by atoms with Crippen molar-refractivity contribution in [2.75, 3.05) is 19.0 Å². The van der Waals surface area contributed by atoms with Crippen LogP contribution in [0.4, 0.5) is 5.82 Å². The largest absolute Gasteiger partial charge is 0.477 e. The van der Waals surface area contributed by atoms with Gasteiger partial charge in [-0.3, -0.25) is 0 Å². The second-order valence-electron chi connectivity index (χ2n) is 3.71. The zero-order chi connectivity index (χ0) is 11.8. The van der Waals surface area contributed by atoms with E-state index >= 15 is 0 Å².